The summed E-state index contributed by atoms with van der Waals surface area (Å²) in [6, 6.07) is 3.36. The third-order valence-corrected chi connectivity index (χ3v) is 5.22. The first kappa shape index (κ1) is 13.2. The molecule has 2 aliphatic carbocycles. The highest BCUT2D eigenvalue weighted by molar-refractivity contribution is 5.33. The molecule has 19 heavy (non-hydrogen) atoms. The predicted octanol–water partition coefficient (Wildman–Crippen LogP) is 4.13. The normalized spacial score (nSPS) is 35.2. The van der Waals surface area contributed by atoms with Crippen molar-refractivity contribution in [1.29, 1.82) is 0 Å². The van der Waals surface area contributed by atoms with E-state index in [4.69, 9.17) is 5.73 Å². The first-order valence-electron chi connectivity index (χ1n) is 8.02. The standard InChI is InChI=1S/C17H28N2/c1-11-7-12(2)9-14(8-11)19-13(3)10-15-16(18)5-4-6-17(15)19/h10-12,14,16H,4-9,18H2,1-3H3. The summed E-state index contributed by atoms with van der Waals surface area (Å²) in [5.74, 6) is 1.73. The SMILES string of the molecule is Cc1cc2c(n1C1CC(C)CC(C)C1)CCCC2N. The number of aromatic nitrogens is 1. The molecule has 2 nitrogen and oxygen atoms in total. The summed E-state index contributed by atoms with van der Waals surface area (Å²) in [5.41, 5.74) is 10.7. The number of nitrogens with two attached hydrogens (primary N) is 1. The lowest BCUT2D eigenvalue weighted by molar-refractivity contribution is 0.216. The topological polar surface area (TPSA) is 30.9 Å². The molecule has 0 bridgehead atoms. The maximum atomic E-state index is 6.30. The summed E-state index contributed by atoms with van der Waals surface area (Å²) in [4.78, 5) is 0. The van der Waals surface area contributed by atoms with Crippen molar-refractivity contribution in [3.8, 4) is 0 Å². The second-order valence-electron chi connectivity index (χ2n) is 7.13. The molecule has 0 saturated heterocycles. The van der Waals surface area contributed by atoms with Crippen molar-refractivity contribution in [2.75, 3.05) is 0 Å². The first-order chi connectivity index (χ1) is 9.06. The van der Waals surface area contributed by atoms with Crippen molar-refractivity contribution in [3.63, 3.8) is 0 Å². The fourth-order valence-electron chi connectivity index (χ4n) is 4.58. The zero-order chi connectivity index (χ0) is 13.6. The Balaban J connectivity index is 1.96. The van der Waals surface area contributed by atoms with Gasteiger partial charge in [-0.1, -0.05) is 13.8 Å². The van der Waals surface area contributed by atoms with Crippen LogP contribution < -0.4 is 5.73 Å². The van der Waals surface area contributed by atoms with Crippen LogP contribution >= 0.6 is 0 Å². The van der Waals surface area contributed by atoms with E-state index in [9.17, 15) is 0 Å². The minimum Gasteiger partial charge on any atom is -0.346 e. The van der Waals surface area contributed by atoms with Gasteiger partial charge in [-0.15, -0.1) is 0 Å². The van der Waals surface area contributed by atoms with Crippen molar-refractivity contribution in [3.05, 3.63) is 23.0 Å². The van der Waals surface area contributed by atoms with Crippen molar-refractivity contribution in [2.45, 2.75) is 71.4 Å². The van der Waals surface area contributed by atoms with Crippen LogP contribution in [0.25, 0.3) is 0 Å². The molecule has 0 aromatic carbocycles. The molecule has 0 spiro atoms. The van der Waals surface area contributed by atoms with Gasteiger partial charge in [0, 0.05) is 23.5 Å². The number of nitrogens with zero attached hydrogens (tertiary/aromatic N) is 1. The molecule has 3 unspecified atom stereocenters. The van der Waals surface area contributed by atoms with Gasteiger partial charge < -0.3 is 10.3 Å². The smallest absolute Gasteiger partial charge is 0.0341 e. The summed E-state index contributed by atoms with van der Waals surface area (Å²) < 4.78 is 2.65. The van der Waals surface area contributed by atoms with E-state index in [1.54, 1.807) is 5.69 Å². The number of aryl methyl sites for hydroxylation is 1. The molecule has 1 aromatic heterocycles. The molecular weight excluding hydrogens is 232 g/mol. The second-order valence-corrected chi connectivity index (χ2v) is 7.13. The van der Waals surface area contributed by atoms with Crippen molar-refractivity contribution < 1.29 is 0 Å². The van der Waals surface area contributed by atoms with Gasteiger partial charge in [0.05, 0.1) is 0 Å². The van der Waals surface area contributed by atoms with Crippen LogP contribution in [-0.2, 0) is 6.42 Å². The molecule has 2 N–H and O–H groups in total. The quantitative estimate of drug-likeness (QED) is 0.808. The Morgan fingerprint density at radius 3 is 2.53 bits per heavy atom. The van der Waals surface area contributed by atoms with E-state index >= 15 is 0 Å². The van der Waals surface area contributed by atoms with Crippen LogP contribution in [0, 0.1) is 18.8 Å². The number of hydrogen-bond acceptors (Lipinski definition) is 1. The number of rotatable bonds is 1. The molecule has 0 radical (unpaired) electrons. The lowest BCUT2D eigenvalue weighted by atomic mass is 9.80. The summed E-state index contributed by atoms with van der Waals surface area (Å²) >= 11 is 0. The van der Waals surface area contributed by atoms with Gasteiger partial charge in [0.15, 0.2) is 0 Å². The zero-order valence-corrected chi connectivity index (χ0v) is 12.7. The monoisotopic (exact) mass is 260 g/mol. The Hall–Kier alpha value is -0.760. The lowest BCUT2D eigenvalue weighted by Crippen LogP contribution is -2.26. The van der Waals surface area contributed by atoms with Crippen LogP contribution in [0.2, 0.25) is 0 Å². The fraction of sp³-hybridized carbons (Fsp3) is 0.765. The molecule has 1 heterocycles. The predicted molar refractivity (Wildman–Crippen MR) is 80.3 cm³/mol. The molecule has 3 atom stereocenters. The Morgan fingerprint density at radius 2 is 1.84 bits per heavy atom. The number of fused-ring (bicyclic) bond motifs is 1. The average molecular weight is 260 g/mol. The number of hydrogen-bond donors (Lipinski definition) is 1. The van der Waals surface area contributed by atoms with Gasteiger partial charge in [-0.2, -0.15) is 0 Å². The van der Waals surface area contributed by atoms with Crippen LogP contribution in [0.3, 0.4) is 0 Å². The van der Waals surface area contributed by atoms with Gasteiger partial charge >= 0.3 is 0 Å². The van der Waals surface area contributed by atoms with E-state index in [1.165, 1.54) is 43.4 Å². The largest absolute Gasteiger partial charge is 0.346 e. The maximum Gasteiger partial charge on any atom is 0.0341 e. The minimum absolute atomic E-state index is 0.280. The van der Waals surface area contributed by atoms with Gasteiger partial charge in [0.1, 0.15) is 0 Å². The van der Waals surface area contributed by atoms with Gasteiger partial charge in [-0.05, 0) is 68.9 Å². The van der Waals surface area contributed by atoms with Gasteiger partial charge in [-0.3, -0.25) is 0 Å². The van der Waals surface area contributed by atoms with E-state index in [0.717, 1.165) is 18.3 Å². The van der Waals surface area contributed by atoms with E-state index in [0.29, 0.717) is 6.04 Å². The molecule has 106 valence electrons. The average Bonchev–Trinajstić information content (AvgIpc) is 2.65. The molecule has 3 rings (SSSR count). The summed E-state index contributed by atoms with van der Waals surface area (Å²) in [6.45, 7) is 7.11. The zero-order valence-electron chi connectivity index (χ0n) is 12.7. The summed E-state index contributed by atoms with van der Waals surface area (Å²) in [5, 5.41) is 0. The van der Waals surface area contributed by atoms with Crippen LogP contribution in [0.5, 0.6) is 0 Å². The second kappa shape index (κ2) is 4.97. The van der Waals surface area contributed by atoms with Crippen molar-refractivity contribution >= 4 is 0 Å². The van der Waals surface area contributed by atoms with Crippen molar-refractivity contribution in [2.24, 2.45) is 17.6 Å². The van der Waals surface area contributed by atoms with E-state index in [1.807, 2.05) is 0 Å². The van der Waals surface area contributed by atoms with Crippen LogP contribution in [-0.4, -0.2) is 4.57 Å². The Bertz CT molecular complexity index is 450. The van der Waals surface area contributed by atoms with E-state index in [2.05, 4.69) is 31.4 Å². The van der Waals surface area contributed by atoms with Crippen LogP contribution in [0.4, 0.5) is 0 Å². The Kier molecular flexibility index (Phi) is 3.46. The van der Waals surface area contributed by atoms with E-state index in [-0.39, 0.29) is 6.04 Å². The third kappa shape index (κ3) is 2.35. The Labute approximate surface area is 117 Å². The molecule has 1 aromatic rings. The van der Waals surface area contributed by atoms with E-state index < -0.39 is 0 Å². The third-order valence-electron chi connectivity index (χ3n) is 5.22. The highest BCUT2D eigenvalue weighted by Crippen LogP contribution is 2.40. The van der Waals surface area contributed by atoms with Crippen LogP contribution in [0.1, 0.15) is 75.0 Å². The highest BCUT2D eigenvalue weighted by Gasteiger charge is 2.30. The summed E-state index contributed by atoms with van der Waals surface area (Å²) in [7, 11) is 0. The van der Waals surface area contributed by atoms with Crippen molar-refractivity contribution in [1.82, 2.24) is 4.57 Å². The molecule has 1 saturated carbocycles. The molecule has 0 aliphatic heterocycles. The van der Waals surface area contributed by atoms with Crippen LogP contribution in [0.15, 0.2) is 6.07 Å². The molecule has 0 amide bonds. The molecular formula is C17H28N2. The Morgan fingerprint density at radius 1 is 1.16 bits per heavy atom. The first-order valence-corrected chi connectivity index (χ1v) is 8.02. The molecule has 2 aliphatic rings. The summed E-state index contributed by atoms with van der Waals surface area (Å²) in [6.07, 6.45) is 7.75. The fourth-order valence-corrected chi connectivity index (χ4v) is 4.58. The minimum atomic E-state index is 0.280. The molecule has 2 heteroatoms. The lowest BCUT2D eigenvalue weighted by Gasteiger charge is -2.35. The highest BCUT2D eigenvalue weighted by atomic mass is 15.0. The van der Waals surface area contributed by atoms with Gasteiger partial charge in [0.2, 0.25) is 0 Å². The van der Waals surface area contributed by atoms with Gasteiger partial charge in [0.25, 0.3) is 0 Å². The molecule has 1 fully saturated rings. The maximum absolute atomic E-state index is 6.30. The van der Waals surface area contributed by atoms with Gasteiger partial charge in [-0.25, -0.2) is 0 Å².